The van der Waals surface area contributed by atoms with E-state index in [4.69, 9.17) is 0 Å². The number of hydrogen-bond donors (Lipinski definition) is 2. The van der Waals surface area contributed by atoms with Gasteiger partial charge in [0.05, 0.1) is 0 Å². The van der Waals surface area contributed by atoms with Crippen LogP contribution >= 0.6 is 0 Å². The smallest absolute Gasteiger partial charge is 0.123 e. The van der Waals surface area contributed by atoms with E-state index in [1.54, 1.807) is 6.07 Å². The van der Waals surface area contributed by atoms with Crippen molar-refractivity contribution in [3.8, 4) is 16.9 Å². The zero-order chi connectivity index (χ0) is 11.8. The van der Waals surface area contributed by atoms with Crippen LogP contribution in [-0.4, -0.2) is 10.1 Å². The van der Waals surface area contributed by atoms with Crippen LogP contribution in [0.25, 0.3) is 22.0 Å². The first-order valence-corrected chi connectivity index (χ1v) is 5.62. The van der Waals surface area contributed by atoms with Crippen LogP contribution in [0.15, 0.2) is 48.5 Å². The summed E-state index contributed by atoms with van der Waals surface area (Å²) in [7, 11) is 0. The molecule has 0 fully saturated rings. The summed E-state index contributed by atoms with van der Waals surface area (Å²) < 4.78 is 0. The van der Waals surface area contributed by atoms with Gasteiger partial charge in [-0.15, -0.1) is 0 Å². The standard InChI is InChI=1S/C15H13NO/c1-10-8-12-9-11(6-7-14(12)16-10)13-4-2-3-5-15(13)17/h2-9,16-17H,1H3. The Morgan fingerprint density at radius 3 is 2.65 bits per heavy atom. The number of fused-ring (bicyclic) bond motifs is 1. The van der Waals surface area contributed by atoms with E-state index < -0.39 is 0 Å². The number of hydrogen-bond acceptors (Lipinski definition) is 1. The summed E-state index contributed by atoms with van der Waals surface area (Å²) in [5, 5.41) is 11.0. The van der Waals surface area contributed by atoms with Gasteiger partial charge < -0.3 is 10.1 Å². The number of aromatic nitrogens is 1. The Hall–Kier alpha value is -2.22. The van der Waals surface area contributed by atoms with Crippen molar-refractivity contribution < 1.29 is 5.11 Å². The quantitative estimate of drug-likeness (QED) is 0.645. The molecule has 1 heterocycles. The predicted molar refractivity (Wildman–Crippen MR) is 70.1 cm³/mol. The van der Waals surface area contributed by atoms with Crippen molar-refractivity contribution in [2.45, 2.75) is 6.92 Å². The topological polar surface area (TPSA) is 36.0 Å². The monoisotopic (exact) mass is 223 g/mol. The second-order valence-electron chi connectivity index (χ2n) is 4.27. The maximum absolute atomic E-state index is 9.83. The van der Waals surface area contributed by atoms with Crippen LogP contribution in [0.1, 0.15) is 5.69 Å². The average molecular weight is 223 g/mol. The van der Waals surface area contributed by atoms with Crippen LogP contribution in [0.4, 0.5) is 0 Å². The second-order valence-corrected chi connectivity index (χ2v) is 4.27. The molecule has 0 bridgehead atoms. The molecule has 2 heteroatoms. The van der Waals surface area contributed by atoms with Crippen LogP contribution in [0.3, 0.4) is 0 Å². The molecule has 1 aromatic heterocycles. The molecule has 0 saturated carbocycles. The summed E-state index contributed by atoms with van der Waals surface area (Å²) in [5.41, 5.74) is 4.18. The number of rotatable bonds is 1. The molecule has 0 unspecified atom stereocenters. The van der Waals surface area contributed by atoms with Gasteiger partial charge in [0.15, 0.2) is 0 Å². The summed E-state index contributed by atoms with van der Waals surface area (Å²) in [6.07, 6.45) is 0. The van der Waals surface area contributed by atoms with Crippen molar-refractivity contribution >= 4 is 10.9 Å². The first-order valence-electron chi connectivity index (χ1n) is 5.62. The van der Waals surface area contributed by atoms with E-state index in [9.17, 15) is 5.11 Å². The molecule has 0 radical (unpaired) electrons. The molecule has 0 amide bonds. The highest BCUT2D eigenvalue weighted by Gasteiger charge is 2.05. The highest BCUT2D eigenvalue weighted by atomic mass is 16.3. The highest BCUT2D eigenvalue weighted by molar-refractivity contribution is 5.86. The lowest BCUT2D eigenvalue weighted by atomic mass is 10.0. The van der Waals surface area contributed by atoms with E-state index in [1.807, 2.05) is 37.3 Å². The summed E-state index contributed by atoms with van der Waals surface area (Å²) in [6, 6.07) is 15.7. The Balaban J connectivity index is 2.21. The molecule has 0 aliphatic carbocycles. The highest BCUT2D eigenvalue weighted by Crippen LogP contribution is 2.30. The number of aromatic amines is 1. The number of H-pyrrole nitrogens is 1. The van der Waals surface area contributed by atoms with Crippen molar-refractivity contribution in [2.24, 2.45) is 0 Å². The van der Waals surface area contributed by atoms with Crippen LogP contribution in [-0.2, 0) is 0 Å². The fourth-order valence-electron chi connectivity index (χ4n) is 2.16. The van der Waals surface area contributed by atoms with Gasteiger partial charge in [-0.2, -0.15) is 0 Å². The maximum atomic E-state index is 9.83. The van der Waals surface area contributed by atoms with Gasteiger partial charge >= 0.3 is 0 Å². The lowest BCUT2D eigenvalue weighted by molar-refractivity contribution is 0.477. The first kappa shape index (κ1) is 9.97. The van der Waals surface area contributed by atoms with Crippen LogP contribution in [0, 0.1) is 6.92 Å². The van der Waals surface area contributed by atoms with Gasteiger partial charge in [-0.3, -0.25) is 0 Å². The minimum Gasteiger partial charge on any atom is -0.507 e. The molecule has 17 heavy (non-hydrogen) atoms. The normalized spacial score (nSPS) is 10.9. The third kappa shape index (κ3) is 1.68. The number of phenolic OH excluding ortho intramolecular Hbond substituents is 1. The van der Waals surface area contributed by atoms with Gasteiger partial charge in [-0.1, -0.05) is 24.3 Å². The van der Waals surface area contributed by atoms with Crippen LogP contribution in [0.5, 0.6) is 5.75 Å². The third-order valence-electron chi connectivity index (χ3n) is 2.97. The maximum Gasteiger partial charge on any atom is 0.123 e. The fraction of sp³-hybridized carbons (Fsp3) is 0.0667. The van der Waals surface area contributed by atoms with Gasteiger partial charge in [0.1, 0.15) is 5.75 Å². The SMILES string of the molecule is Cc1cc2cc(-c3ccccc3O)ccc2[nH]1. The molecule has 0 saturated heterocycles. The molecule has 0 atom stereocenters. The zero-order valence-electron chi connectivity index (χ0n) is 9.57. The predicted octanol–water partition coefficient (Wildman–Crippen LogP) is 3.85. The Morgan fingerprint density at radius 2 is 1.82 bits per heavy atom. The van der Waals surface area contributed by atoms with Crippen LogP contribution in [0.2, 0.25) is 0 Å². The number of para-hydroxylation sites is 1. The minimum atomic E-state index is 0.319. The lowest BCUT2D eigenvalue weighted by Gasteiger charge is -2.04. The molecular weight excluding hydrogens is 210 g/mol. The second kappa shape index (κ2) is 3.67. The minimum absolute atomic E-state index is 0.319. The van der Waals surface area contributed by atoms with Gasteiger partial charge in [0.25, 0.3) is 0 Å². The molecule has 0 aliphatic heterocycles. The number of nitrogens with one attached hydrogen (secondary N) is 1. The van der Waals surface area contributed by atoms with E-state index in [0.29, 0.717) is 5.75 Å². The van der Waals surface area contributed by atoms with Gasteiger partial charge in [-0.05, 0) is 36.8 Å². The average Bonchev–Trinajstić information content (AvgIpc) is 2.68. The van der Waals surface area contributed by atoms with Crippen molar-refractivity contribution in [1.29, 1.82) is 0 Å². The van der Waals surface area contributed by atoms with Gasteiger partial charge in [-0.25, -0.2) is 0 Å². The van der Waals surface area contributed by atoms with E-state index in [0.717, 1.165) is 22.3 Å². The van der Waals surface area contributed by atoms with Crippen molar-refractivity contribution in [2.75, 3.05) is 0 Å². The molecule has 84 valence electrons. The zero-order valence-corrected chi connectivity index (χ0v) is 9.57. The van der Waals surface area contributed by atoms with Crippen molar-refractivity contribution in [3.05, 3.63) is 54.2 Å². The molecule has 3 aromatic rings. The van der Waals surface area contributed by atoms with Crippen molar-refractivity contribution in [3.63, 3.8) is 0 Å². The summed E-state index contributed by atoms with van der Waals surface area (Å²) >= 11 is 0. The van der Waals surface area contributed by atoms with Crippen molar-refractivity contribution in [1.82, 2.24) is 4.98 Å². The largest absolute Gasteiger partial charge is 0.507 e. The third-order valence-corrected chi connectivity index (χ3v) is 2.97. The number of benzene rings is 2. The first-order chi connectivity index (χ1) is 8.24. The molecular formula is C15H13NO. The Labute approximate surface area is 99.5 Å². The molecule has 3 rings (SSSR count). The number of phenols is 1. The molecule has 0 aliphatic rings. The van der Waals surface area contributed by atoms with E-state index in [1.165, 1.54) is 5.39 Å². The number of aromatic hydroxyl groups is 1. The molecule has 2 nitrogen and oxygen atoms in total. The fourth-order valence-corrected chi connectivity index (χ4v) is 2.16. The molecule has 2 N–H and O–H groups in total. The van der Waals surface area contributed by atoms with E-state index in [-0.39, 0.29) is 0 Å². The summed E-state index contributed by atoms with van der Waals surface area (Å²) in [6.45, 7) is 2.04. The Kier molecular flexibility index (Phi) is 2.15. The number of aryl methyl sites for hydroxylation is 1. The lowest BCUT2D eigenvalue weighted by Crippen LogP contribution is -1.78. The van der Waals surface area contributed by atoms with Gasteiger partial charge in [0, 0.05) is 22.2 Å². The molecule has 2 aromatic carbocycles. The van der Waals surface area contributed by atoms with Crippen LogP contribution < -0.4 is 0 Å². The summed E-state index contributed by atoms with van der Waals surface area (Å²) in [5.74, 6) is 0.319. The summed E-state index contributed by atoms with van der Waals surface area (Å²) in [4.78, 5) is 3.29. The molecule has 0 spiro atoms. The van der Waals surface area contributed by atoms with E-state index in [2.05, 4.69) is 17.1 Å². The Bertz CT molecular complexity index is 682. The Morgan fingerprint density at radius 1 is 1.00 bits per heavy atom. The van der Waals surface area contributed by atoms with Gasteiger partial charge in [0.2, 0.25) is 0 Å². The van der Waals surface area contributed by atoms with E-state index >= 15 is 0 Å².